The topological polar surface area (TPSA) is 69.7 Å². The number of hydrogen-bond donors (Lipinski definition) is 1. The van der Waals surface area contributed by atoms with Gasteiger partial charge in [0, 0.05) is 38.6 Å². The number of benzene rings is 1. The molecule has 1 aromatic rings. The van der Waals surface area contributed by atoms with E-state index in [1.165, 1.54) is 0 Å². The normalized spacial score (nSPS) is 16.9. The fourth-order valence-corrected chi connectivity index (χ4v) is 5.34. The third-order valence-electron chi connectivity index (χ3n) is 6.26. The summed E-state index contributed by atoms with van der Waals surface area (Å²) in [7, 11) is -3.32. The fraction of sp³-hybridized carbons (Fsp3) is 0.720. The van der Waals surface area contributed by atoms with Crippen molar-refractivity contribution in [1.82, 2.24) is 15.1 Å². The summed E-state index contributed by atoms with van der Waals surface area (Å²) in [6.07, 6.45) is 4.70. The zero-order chi connectivity index (χ0) is 23.8. The Hall–Kier alpha value is -1.44. The Morgan fingerprint density at radius 3 is 2.41 bits per heavy atom. The summed E-state index contributed by atoms with van der Waals surface area (Å²) in [5.74, 6) is 0.269. The Kier molecular flexibility index (Phi) is 10.2. The molecule has 0 aliphatic carbocycles. The molecule has 1 unspecified atom stereocenters. The largest absolute Gasteiger partial charge is 0.341 e. The molecule has 0 bridgehead atoms. The second-order valence-corrected chi connectivity index (χ2v) is 12.6. The second kappa shape index (κ2) is 12.1. The average Bonchev–Trinajstić information content (AvgIpc) is 2.94. The molecule has 1 heterocycles. The molecule has 1 aliphatic rings. The van der Waals surface area contributed by atoms with Gasteiger partial charge in [0.25, 0.3) is 0 Å². The summed E-state index contributed by atoms with van der Waals surface area (Å²) < 4.78 is 24.5. The molecule has 0 aromatic heterocycles. The van der Waals surface area contributed by atoms with Gasteiger partial charge in [0.15, 0.2) is 9.84 Å². The Morgan fingerprint density at radius 2 is 1.78 bits per heavy atom. The lowest BCUT2D eigenvalue weighted by Gasteiger charge is -2.29. The smallest absolute Gasteiger partial charge is 0.223 e. The summed E-state index contributed by atoms with van der Waals surface area (Å²) in [4.78, 5) is 17.0. The highest BCUT2D eigenvalue weighted by atomic mass is 32.2. The van der Waals surface area contributed by atoms with Crippen molar-refractivity contribution in [1.29, 1.82) is 0 Å². The van der Waals surface area contributed by atoms with Crippen LogP contribution in [0.2, 0.25) is 0 Å². The zero-order valence-corrected chi connectivity index (χ0v) is 21.5. The van der Waals surface area contributed by atoms with Crippen LogP contribution >= 0.6 is 0 Å². The first kappa shape index (κ1) is 26.8. The van der Waals surface area contributed by atoms with Crippen LogP contribution in [0.1, 0.15) is 65.9 Å². The Balaban J connectivity index is 1.88. The number of nitrogens with zero attached hydrogens (tertiary/aromatic N) is 2. The summed E-state index contributed by atoms with van der Waals surface area (Å²) in [6.45, 7) is 15.1. The quantitative estimate of drug-likeness (QED) is 0.507. The van der Waals surface area contributed by atoms with Gasteiger partial charge in [-0.25, -0.2) is 8.42 Å². The summed E-state index contributed by atoms with van der Waals surface area (Å²) >= 11 is 0. The van der Waals surface area contributed by atoms with E-state index >= 15 is 0 Å². The van der Waals surface area contributed by atoms with Crippen LogP contribution in [0.4, 0.5) is 0 Å². The molecule has 1 N–H and O–H groups in total. The molecule has 1 fully saturated rings. The number of rotatable bonds is 11. The van der Waals surface area contributed by atoms with Gasteiger partial charge in [0.2, 0.25) is 5.91 Å². The highest BCUT2D eigenvalue weighted by Gasteiger charge is 2.30. The number of carbonyl (C=O) groups excluding carboxylic acids is 1. The molecule has 0 radical (unpaired) electrons. The molecule has 2 rings (SSSR count). The minimum atomic E-state index is -3.32. The third kappa shape index (κ3) is 7.56. The molecule has 0 saturated carbocycles. The van der Waals surface area contributed by atoms with E-state index in [0.29, 0.717) is 17.4 Å². The molecule has 1 aliphatic heterocycles. The van der Waals surface area contributed by atoms with Crippen LogP contribution < -0.4 is 5.32 Å². The van der Waals surface area contributed by atoms with Crippen molar-refractivity contribution in [3.05, 3.63) is 29.8 Å². The lowest BCUT2D eigenvalue weighted by atomic mass is 10.1. The summed E-state index contributed by atoms with van der Waals surface area (Å²) in [6, 6.07) is 7.79. The van der Waals surface area contributed by atoms with Crippen LogP contribution in [-0.2, 0) is 21.1 Å². The first-order chi connectivity index (χ1) is 15.1. The maximum absolute atomic E-state index is 12.6. The van der Waals surface area contributed by atoms with Crippen LogP contribution in [0, 0.1) is 0 Å². The van der Waals surface area contributed by atoms with Gasteiger partial charge in [-0.05, 0) is 84.2 Å². The molecule has 182 valence electrons. The number of hydrogen-bond acceptors (Lipinski definition) is 5. The molecular formula is C25H43N3O3S. The van der Waals surface area contributed by atoms with Crippen molar-refractivity contribution in [3.63, 3.8) is 0 Å². The highest BCUT2D eigenvalue weighted by Crippen LogP contribution is 2.25. The van der Waals surface area contributed by atoms with Crippen molar-refractivity contribution in [2.75, 3.05) is 39.3 Å². The molecule has 1 aromatic carbocycles. The van der Waals surface area contributed by atoms with Crippen LogP contribution in [0.3, 0.4) is 0 Å². The fourth-order valence-electron chi connectivity index (χ4n) is 4.14. The van der Waals surface area contributed by atoms with E-state index in [0.717, 1.165) is 70.5 Å². The molecular weight excluding hydrogens is 422 g/mol. The Bertz CT molecular complexity index is 816. The van der Waals surface area contributed by atoms with Gasteiger partial charge in [0.1, 0.15) is 0 Å². The van der Waals surface area contributed by atoms with Crippen molar-refractivity contribution >= 4 is 15.7 Å². The minimum Gasteiger partial charge on any atom is -0.341 e. The maximum Gasteiger partial charge on any atom is 0.223 e. The maximum atomic E-state index is 12.6. The second-order valence-electron chi connectivity index (χ2n) is 9.94. The molecule has 1 saturated heterocycles. The van der Waals surface area contributed by atoms with E-state index in [9.17, 15) is 13.2 Å². The lowest BCUT2D eigenvalue weighted by Crippen LogP contribution is -2.37. The van der Waals surface area contributed by atoms with Gasteiger partial charge in [-0.2, -0.15) is 0 Å². The van der Waals surface area contributed by atoms with Crippen LogP contribution in [0.15, 0.2) is 29.2 Å². The van der Waals surface area contributed by atoms with Gasteiger partial charge in [-0.3, -0.25) is 4.79 Å². The van der Waals surface area contributed by atoms with Gasteiger partial charge in [-0.15, -0.1) is 0 Å². The summed E-state index contributed by atoms with van der Waals surface area (Å²) in [5, 5.41) is 3.29. The van der Waals surface area contributed by atoms with Crippen molar-refractivity contribution in [2.24, 2.45) is 0 Å². The van der Waals surface area contributed by atoms with Gasteiger partial charge in [0.05, 0.1) is 9.64 Å². The van der Waals surface area contributed by atoms with E-state index in [1.807, 2.05) is 17.0 Å². The van der Waals surface area contributed by atoms with Gasteiger partial charge < -0.3 is 15.1 Å². The lowest BCUT2D eigenvalue weighted by molar-refractivity contribution is -0.130. The minimum absolute atomic E-state index is 0.269. The van der Waals surface area contributed by atoms with E-state index < -0.39 is 14.6 Å². The average molecular weight is 466 g/mol. The highest BCUT2D eigenvalue weighted by molar-refractivity contribution is 7.92. The van der Waals surface area contributed by atoms with Crippen molar-refractivity contribution < 1.29 is 13.2 Å². The van der Waals surface area contributed by atoms with Crippen LogP contribution in [0.5, 0.6) is 0 Å². The summed E-state index contributed by atoms with van der Waals surface area (Å²) in [5.41, 5.74) is 1.16. The zero-order valence-electron chi connectivity index (χ0n) is 20.7. The number of amides is 1. The van der Waals surface area contributed by atoms with E-state index in [4.69, 9.17) is 0 Å². The predicted molar refractivity (Wildman–Crippen MR) is 132 cm³/mol. The molecule has 32 heavy (non-hydrogen) atoms. The number of carbonyl (C=O) groups is 1. The van der Waals surface area contributed by atoms with Crippen molar-refractivity contribution in [3.8, 4) is 0 Å². The predicted octanol–water partition coefficient (Wildman–Crippen LogP) is 3.50. The standard InChI is InChI=1S/C25H43N3O3S/c1-6-16-27(17-7-8-18-28-19-15-26-14-13-24(28)29)21(2)20-22-9-11-23(12-10-22)32(30,31)25(3,4)5/h9-12,21,26H,6-8,13-20H2,1-5H3. The molecule has 0 spiro atoms. The third-order valence-corrected chi connectivity index (χ3v) is 8.76. The molecule has 6 nitrogen and oxygen atoms in total. The van der Waals surface area contributed by atoms with Gasteiger partial charge in [-0.1, -0.05) is 19.1 Å². The number of sulfone groups is 1. The van der Waals surface area contributed by atoms with E-state index in [-0.39, 0.29) is 5.91 Å². The monoisotopic (exact) mass is 465 g/mol. The van der Waals surface area contributed by atoms with Gasteiger partial charge >= 0.3 is 0 Å². The first-order valence-corrected chi connectivity index (χ1v) is 13.6. The molecule has 1 atom stereocenters. The molecule has 7 heteroatoms. The van der Waals surface area contributed by atoms with E-state index in [2.05, 4.69) is 24.1 Å². The van der Waals surface area contributed by atoms with Crippen LogP contribution in [0.25, 0.3) is 0 Å². The Labute approximate surface area is 195 Å². The van der Waals surface area contributed by atoms with Crippen molar-refractivity contribution in [2.45, 2.75) is 82.4 Å². The van der Waals surface area contributed by atoms with E-state index in [1.54, 1.807) is 32.9 Å². The first-order valence-electron chi connectivity index (χ1n) is 12.1. The Morgan fingerprint density at radius 1 is 1.09 bits per heavy atom. The molecule has 1 amide bonds. The van der Waals surface area contributed by atoms with Crippen LogP contribution in [-0.4, -0.2) is 74.2 Å². The SMILES string of the molecule is CCCN(CCCCN1CCNCCC1=O)C(C)Cc1ccc(S(=O)(=O)C(C)(C)C)cc1. The number of nitrogens with one attached hydrogen (secondary N) is 1. The number of unbranched alkanes of at least 4 members (excludes halogenated alkanes) is 1.